The van der Waals surface area contributed by atoms with Crippen molar-refractivity contribution in [2.75, 3.05) is 46.4 Å². The lowest BCUT2D eigenvalue weighted by molar-refractivity contribution is -0.134. The van der Waals surface area contributed by atoms with Gasteiger partial charge < -0.3 is 14.7 Å². The van der Waals surface area contributed by atoms with Crippen LogP contribution in [0.25, 0.3) is 0 Å². The van der Waals surface area contributed by atoms with Crippen LogP contribution in [0.15, 0.2) is 0 Å². The van der Waals surface area contributed by atoms with E-state index in [1.165, 1.54) is 0 Å². The van der Waals surface area contributed by atoms with E-state index in [2.05, 4.69) is 4.90 Å². The van der Waals surface area contributed by atoms with E-state index < -0.39 is 0 Å². The molecule has 1 amide bonds. The molecule has 5 heteroatoms. The normalized spacial score (nSPS) is 19.4. The van der Waals surface area contributed by atoms with Gasteiger partial charge >= 0.3 is 0 Å². The van der Waals surface area contributed by atoms with E-state index >= 15 is 0 Å². The Morgan fingerprint density at radius 3 is 2.53 bits per heavy atom. The summed E-state index contributed by atoms with van der Waals surface area (Å²) in [5.41, 5.74) is 0. The van der Waals surface area contributed by atoms with Gasteiger partial charge in [-0.1, -0.05) is 6.92 Å². The Kier molecular flexibility index (Phi) is 6.47. The molecule has 1 fully saturated rings. The largest absolute Gasteiger partial charge is 0.392 e. The maximum Gasteiger partial charge on any atom is 0.224 e. The number of hydrogen-bond acceptors (Lipinski definition) is 4. The van der Waals surface area contributed by atoms with Gasteiger partial charge in [0.1, 0.15) is 0 Å². The van der Waals surface area contributed by atoms with Crippen LogP contribution in [-0.4, -0.2) is 73.4 Å². The van der Waals surface area contributed by atoms with E-state index in [0.717, 1.165) is 39.1 Å². The van der Waals surface area contributed by atoms with Gasteiger partial charge in [0, 0.05) is 39.8 Å². The lowest BCUT2D eigenvalue weighted by Gasteiger charge is -2.35. The molecule has 0 unspecified atom stereocenters. The molecule has 1 heterocycles. The summed E-state index contributed by atoms with van der Waals surface area (Å²) in [4.78, 5) is 15.8. The zero-order valence-electron chi connectivity index (χ0n) is 10.9. The van der Waals surface area contributed by atoms with Gasteiger partial charge in [-0.05, 0) is 6.42 Å². The van der Waals surface area contributed by atoms with Crippen molar-refractivity contribution >= 4 is 5.91 Å². The Bertz CT molecular complexity index is 228. The molecule has 0 spiro atoms. The average molecular weight is 244 g/mol. The van der Waals surface area contributed by atoms with Crippen LogP contribution in [-0.2, 0) is 9.53 Å². The molecule has 0 aliphatic carbocycles. The summed E-state index contributed by atoms with van der Waals surface area (Å²) in [6.45, 7) is 6.43. The summed E-state index contributed by atoms with van der Waals surface area (Å²) < 4.78 is 4.90. The number of piperazine rings is 1. The highest BCUT2D eigenvalue weighted by Crippen LogP contribution is 2.05. The van der Waals surface area contributed by atoms with Crippen molar-refractivity contribution in [1.82, 2.24) is 9.80 Å². The van der Waals surface area contributed by atoms with Crippen LogP contribution in [0.3, 0.4) is 0 Å². The molecular weight excluding hydrogens is 220 g/mol. The summed E-state index contributed by atoms with van der Waals surface area (Å²) >= 11 is 0. The van der Waals surface area contributed by atoms with Crippen molar-refractivity contribution in [3.63, 3.8) is 0 Å². The minimum Gasteiger partial charge on any atom is -0.392 e. The average Bonchev–Trinajstić information content (AvgIpc) is 2.36. The van der Waals surface area contributed by atoms with Crippen molar-refractivity contribution in [3.8, 4) is 0 Å². The van der Waals surface area contributed by atoms with Crippen molar-refractivity contribution in [2.24, 2.45) is 0 Å². The van der Waals surface area contributed by atoms with E-state index in [1.807, 2.05) is 11.8 Å². The third-order valence-electron chi connectivity index (χ3n) is 3.19. The van der Waals surface area contributed by atoms with Gasteiger partial charge in [-0.25, -0.2) is 0 Å². The molecule has 1 aliphatic rings. The van der Waals surface area contributed by atoms with Gasteiger partial charge in [-0.2, -0.15) is 0 Å². The Hall–Kier alpha value is -0.650. The lowest BCUT2D eigenvalue weighted by Crippen LogP contribution is -2.50. The number of methoxy groups -OCH3 is 1. The monoisotopic (exact) mass is 244 g/mol. The molecule has 1 aliphatic heterocycles. The highest BCUT2D eigenvalue weighted by Gasteiger charge is 2.21. The summed E-state index contributed by atoms with van der Waals surface area (Å²) in [5.74, 6) is 0.169. The Morgan fingerprint density at radius 1 is 1.35 bits per heavy atom. The number of amides is 1. The Balaban J connectivity index is 2.23. The number of nitrogens with zero attached hydrogens (tertiary/aromatic N) is 2. The van der Waals surface area contributed by atoms with Gasteiger partial charge in [0.15, 0.2) is 0 Å². The lowest BCUT2D eigenvalue weighted by atomic mass is 10.2. The maximum absolute atomic E-state index is 11.7. The topological polar surface area (TPSA) is 53.0 Å². The molecular formula is C12H24N2O3. The second-order valence-electron chi connectivity index (χ2n) is 4.49. The first-order valence-electron chi connectivity index (χ1n) is 6.34. The van der Waals surface area contributed by atoms with E-state index in [1.54, 1.807) is 7.11 Å². The van der Waals surface area contributed by atoms with Gasteiger partial charge in [0.05, 0.1) is 19.1 Å². The van der Waals surface area contributed by atoms with E-state index in [4.69, 9.17) is 4.74 Å². The minimum atomic E-state index is -0.245. The summed E-state index contributed by atoms with van der Waals surface area (Å²) in [6.07, 6.45) is 1.01. The number of rotatable bonds is 6. The number of hydrogen-bond donors (Lipinski definition) is 1. The summed E-state index contributed by atoms with van der Waals surface area (Å²) in [5, 5.41) is 9.56. The molecule has 5 nitrogen and oxygen atoms in total. The predicted molar refractivity (Wildman–Crippen MR) is 65.8 cm³/mol. The van der Waals surface area contributed by atoms with Crippen LogP contribution >= 0.6 is 0 Å². The summed E-state index contributed by atoms with van der Waals surface area (Å²) in [6, 6.07) is 0. The number of carbonyl (C=O) groups is 1. The first-order chi connectivity index (χ1) is 8.17. The predicted octanol–water partition coefficient (Wildman–Crippen LogP) is -0.0620. The minimum absolute atomic E-state index is 0.169. The third-order valence-corrected chi connectivity index (χ3v) is 3.19. The standard InChI is InChI=1S/C12H24N2O3/c1-3-11(15)10-13-5-7-14(8-6-13)12(16)4-9-17-2/h11,15H,3-10H2,1-2H3/t11-/m1/s1. The van der Waals surface area contributed by atoms with Gasteiger partial charge in [0.2, 0.25) is 5.91 Å². The zero-order valence-corrected chi connectivity index (χ0v) is 10.9. The maximum atomic E-state index is 11.7. The Morgan fingerprint density at radius 2 is 2.00 bits per heavy atom. The fraction of sp³-hybridized carbons (Fsp3) is 0.917. The molecule has 0 saturated carbocycles. The molecule has 1 saturated heterocycles. The van der Waals surface area contributed by atoms with Crippen molar-refractivity contribution in [2.45, 2.75) is 25.9 Å². The van der Waals surface area contributed by atoms with Crippen LogP contribution < -0.4 is 0 Å². The molecule has 0 aromatic rings. The van der Waals surface area contributed by atoms with Crippen molar-refractivity contribution in [1.29, 1.82) is 0 Å². The van der Waals surface area contributed by atoms with E-state index in [-0.39, 0.29) is 12.0 Å². The summed E-state index contributed by atoms with van der Waals surface area (Å²) in [7, 11) is 1.61. The second kappa shape index (κ2) is 7.63. The molecule has 1 atom stereocenters. The quantitative estimate of drug-likeness (QED) is 0.711. The van der Waals surface area contributed by atoms with Crippen molar-refractivity contribution in [3.05, 3.63) is 0 Å². The number of ether oxygens (including phenoxy) is 1. The molecule has 0 aromatic carbocycles. The van der Waals surface area contributed by atoms with Crippen LogP contribution in [0.4, 0.5) is 0 Å². The highest BCUT2D eigenvalue weighted by atomic mass is 16.5. The first kappa shape index (κ1) is 14.4. The molecule has 1 N–H and O–H groups in total. The SMILES string of the molecule is CC[C@@H](O)CN1CCN(C(=O)CCOC)CC1. The van der Waals surface area contributed by atoms with E-state index in [9.17, 15) is 9.90 Å². The fourth-order valence-electron chi connectivity index (χ4n) is 1.95. The third kappa shape index (κ3) is 5.02. The van der Waals surface area contributed by atoms with Crippen LogP contribution in [0.5, 0.6) is 0 Å². The number of aliphatic hydroxyl groups excluding tert-OH is 1. The van der Waals surface area contributed by atoms with Gasteiger partial charge in [0.25, 0.3) is 0 Å². The molecule has 17 heavy (non-hydrogen) atoms. The van der Waals surface area contributed by atoms with Gasteiger partial charge in [-0.3, -0.25) is 9.69 Å². The molecule has 0 bridgehead atoms. The van der Waals surface area contributed by atoms with Crippen LogP contribution in [0.2, 0.25) is 0 Å². The van der Waals surface area contributed by atoms with Crippen LogP contribution in [0, 0.1) is 0 Å². The smallest absolute Gasteiger partial charge is 0.224 e. The molecule has 1 rings (SSSR count). The second-order valence-corrected chi connectivity index (χ2v) is 4.49. The van der Waals surface area contributed by atoms with Crippen molar-refractivity contribution < 1.29 is 14.6 Å². The van der Waals surface area contributed by atoms with Gasteiger partial charge in [-0.15, -0.1) is 0 Å². The number of aliphatic hydroxyl groups is 1. The number of β-amino-alcohol motifs (C(OH)–C–C–N with tert-alkyl or cyclic N) is 1. The molecule has 100 valence electrons. The van der Waals surface area contributed by atoms with Crippen LogP contribution in [0.1, 0.15) is 19.8 Å². The zero-order chi connectivity index (χ0) is 12.7. The molecule has 0 radical (unpaired) electrons. The molecule has 0 aromatic heterocycles. The highest BCUT2D eigenvalue weighted by molar-refractivity contribution is 5.76. The fourth-order valence-corrected chi connectivity index (χ4v) is 1.95. The van der Waals surface area contributed by atoms with E-state index in [0.29, 0.717) is 13.0 Å². The first-order valence-corrected chi connectivity index (χ1v) is 6.34. The Labute approximate surface area is 103 Å². The number of carbonyl (C=O) groups excluding carboxylic acids is 1.